The smallest absolute Gasteiger partial charge is 0.0499 e. The van der Waals surface area contributed by atoms with Crippen LogP contribution in [0.3, 0.4) is 0 Å². The third kappa shape index (κ3) is 3.58. The summed E-state index contributed by atoms with van der Waals surface area (Å²) in [5.41, 5.74) is 1.38. The number of piperazine rings is 1. The predicted octanol–water partition coefficient (Wildman–Crippen LogP) is 2.40. The molecule has 0 amide bonds. The van der Waals surface area contributed by atoms with Crippen LogP contribution in [0.4, 0.5) is 0 Å². The fourth-order valence-corrected chi connectivity index (χ4v) is 2.57. The molecule has 1 fully saturated rings. The van der Waals surface area contributed by atoms with Crippen molar-refractivity contribution in [3.8, 4) is 0 Å². The summed E-state index contributed by atoms with van der Waals surface area (Å²) in [6, 6.07) is 4.92. The normalized spacial score (nSPS) is 19.7. The summed E-state index contributed by atoms with van der Waals surface area (Å²) in [5.74, 6) is 0.787. The maximum Gasteiger partial charge on any atom is 0.0499 e. The first-order valence-corrected chi connectivity index (χ1v) is 6.85. The topological polar surface area (TPSA) is 31.1 Å². The highest BCUT2D eigenvalue weighted by atomic mass is 15.2. The molecule has 2 rings (SSSR count). The molecule has 0 aliphatic carbocycles. The number of rotatable bonds is 5. The minimum absolute atomic E-state index is 0.578. The van der Waals surface area contributed by atoms with Gasteiger partial charge in [0, 0.05) is 44.1 Å². The molecule has 2 N–H and O–H groups in total. The summed E-state index contributed by atoms with van der Waals surface area (Å²) in [6.07, 6.45) is 4.60. The van der Waals surface area contributed by atoms with Crippen LogP contribution in [0.1, 0.15) is 38.4 Å². The van der Waals surface area contributed by atoms with E-state index >= 15 is 0 Å². The Morgan fingerprint density at radius 3 is 2.59 bits per heavy atom. The summed E-state index contributed by atoms with van der Waals surface area (Å²) < 4.78 is 0. The van der Waals surface area contributed by atoms with Crippen molar-refractivity contribution >= 4 is 0 Å². The lowest BCUT2D eigenvalue weighted by atomic mass is 9.99. The maximum atomic E-state index is 3.43. The first kappa shape index (κ1) is 12.7. The second kappa shape index (κ2) is 6.22. The highest BCUT2D eigenvalue weighted by Crippen LogP contribution is 2.26. The Balaban J connectivity index is 2.01. The number of nitrogens with one attached hydrogen (secondary N) is 2. The van der Waals surface area contributed by atoms with Gasteiger partial charge in [0.15, 0.2) is 0 Å². The highest BCUT2D eigenvalue weighted by Gasteiger charge is 2.22. The van der Waals surface area contributed by atoms with Crippen LogP contribution in [-0.2, 0) is 0 Å². The molecule has 0 unspecified atom stereocenters. The highest BCUT2D eigenvalue weighted by molar-refractivity contribution is 5.09. The Hall–Kier alpha value is -0.800. The molecule has 2 heterocycles. The van der Waals surface area contributed by atoms with Crippen molar-refractivity contribution < 1.29 is 0 Å². The monoisotopic (exact) mass is 235 g/mol. The molecule has 0 aromatic carbocycles. The molecule has 1 aliphatic heterocycles. The van der Waals surface area contributed by atoms with E-state index in [1.807, 2.05) is 6.20 Å². The second-order valence-electron chi connectivity index (χ2n) is 5.40. The van der Waals surface area contributed by atoms with Gasteiger partial charge in [-0.15, -0.1) is 0 Å². The molecule has 3 heteroatoms. The molecule has 3 nitrogen and oxygen atoms in total. The number of nitrogens with zero attached hydrogens (tertiary/aromatic N) is 1. The predicted molar refractivity (Wildman–Crippen MR) is 72.0 cm³/mol. The summed E-state index contributed by atoms with van der Waals surface area (Å²) in [5, 5.41) is 3.43. The standard InChI is InChI=1S/C14H25N3/c1-12(2)5-6-14(13-4-3-7-16-13)17-10-8-15-9-11-17/h3-4,7,12,14-16H,5-6,8-11H2,1-2H3/t14-/m1/s1. The number of hydrogen-bond acceptors (Lipinski definition) is 2. The van der Waals surface area contributed by atoms with Gasteiger partial charge in [-0.2, -0.15) is 0 Å². The van der Waals surface area contributed by atoms with E-state index in [9.17, 15) is 0 Å². The summed E-state index contributed by atoms with van der Waals surface area (Å²) in [6.45, 7) is 9.20. The molecular formula is C14H25N3. The molecule has 17 heavy (non-hydrogen) atoms. The van der Waals surface area contributed by atoms with Crippen molar-refractivity contribution in [2.75, 3.05) is 26.2 Å². The van der Waals surface area contributed by atoms with Crippen LogP contribution in [0.25, 0.3) is 0 Å². The molecule has 96 valence electrons. The number of aromatic nitrogens is 1. The number of aromatic amines is 1. The zero-order chi connectivity index (χ0) is 12.1. The van der Waals surface area contributed by atoms with Crippen molar-refractivity contribution in [2.24, 2.45) is 5.92 Å². The largest absolute Gasteiger partial charge is 0.364 e. The molecule has 1 saturated heterocycles. The first-order chi connectivity index (χ1) is 8.27. The Labute approximate surface area is 105 Å². The van der Waals surface area contributed by atoms with Gasteiger partial charge in [-0.1, -0.05) is 13.8 Å². The minimum atomic E-state index is 0.578. The zero-order valence-electron chi connectivity index (χ0n) is 11.1. The molecular weight excluding hydrogens is 210 g/mol. The van der Waals surface area contributed by atoms with E-state index in [0.29, 0.717) is 6.04 Å². The fraction of sp³-hybridized carbons (Fsp3) is 0.714. The van der Waals surface area contributed by atoms with E-state index in [0.717, 1.165) is 19.0 Å². The molecule has 0 bridgehead atoms. The van der Waals surface area contributed by atoms with Crippen LogP contribution < -0.4 is 5.32 Å². The van der Waals surface area contributed by atoms with Gasteiger partial charge in [0.2, 0.25) is 0 Å². The molecule has 1 aromatic rings. The Morgan fingerprint density at radius 2 is 2.00 bits per heavy atom. The van der Waals surface area contributed by atoms with Crippen LogP contribution in [0.5, 0.6) is 0 Å². The lowest BCUT2D eigenvalue weighted by Gasteiger charge is -2.35. The van der Waals surface area contributed by atoms with Gasteiger partial charge in [-0.25, -0.2) is 0 Å². The van der Waals surface area contributed by atoms with E-state index in [1.54, 1.807) is 0 Å². The van der Waals surface area contributed by atoms with E-state index in [1.165, 1.54) is 31.6 Å². The Bertz CT molecular complexity index is 299. The van der Waals surface area contributed by atoms with Crippen molar-refractivity contribution in [3.05, 3.63) is 24.0 Å². The fourth-order valence-electron chi connectivity index (χ4n) is 2.57. The van der Waals surface area contributed by atoms with Crippen molar-refractivity contribution in [1.82, 2.24) is 15.2 Å². The summed E-state index contributed by atoms with van der Waals surface area (Å²) in [4.78, 5) is 6.01. The quantitative estimate of drug-likeness (QED) is 0.821. The summed E-state index contributed by atoms with van der Waals surface area (Å²) in [7, 11) is 0. The van der Waals surface area contributed by atoms with Gasteiger partial charge < -0.3 is 10.3 Å². The van der Waals surface area contributed by atoms with Crippen molar-refractivity contribution in [1.29, 1.82) is 0 Å². The molecule has 1 aromatic heterocycles. The van der Waals surface area contributed by atoms with Crippen molar-refractivity contribution in [2.45, 2.75) is 32.7 Å². The van der Waals surface area contributed by atoms with Crippen LogP contribution in [0.2, 0.25) is 0 Å². The zero-order valence-corrected chi connectivity index (χ0v) is 11.1. The summed E-state index contributed by atoms with van der Waals surface area (Å²) >= 11 is 0. The van der Waals surface area contributed by atoms with Gasteiger partial charge in [0.05, 0.1) is 0 Å². The average Bonchev–Trinajstić information content (AvgIpc) is 2.84. The molecule has 0 spiro atoms. The molecule has 1 aliphatic rings. The Morgan fingerprint density at radius 1 is 1.24 bits per heavy atom. The molecule has 0 radical (unpaired) electrons. The lowest BCUT2D eigenvalue weighted by molar-refractivity contribution is 0.157. The maximum absolute atomic E-state index is 3.43. The van der Waals surface area contributed by atoms with Crippen LogP contribution in [0.15, 0.2) is 18.3 Å². The van der Waals surface area contributed by atoms with Crippen LogP contribution in [0, 0.1) is 5.92 Å². The van der Waals surface area contributed by atoms with Gasteiger partial charge in [-0.3, -0.25) is 4.90 Å². The van der Waals surface area contributed by atoms with Gasteiger partial charge >= 0.3 is 0 Å². The minimum Gasteiger partial charge on any atom is -0.364 e. The van der Waals surface area contributed by atoms with E-state index in [2.05, 4.69) is 41.2 Å². The average molecular weight is 235 g/mol. The Kier molecular flexibility index (Phi) is 4.63. The van der Waals surface area contributed by atoms with E-state index < -0.39 is 0 Å². The second-order valence-corrected chi connectivity index (χ2v) is 5.40. The van der Waals surface area contributed by atoms with Gasteiger partial charge in [-0.05, 0) is 30.9 Å². The van der Waals surface area contributed by atoms with E-state index in [-0.39, 0.29) is 0 Å². The first-order valence-electron chi connectivity index (χ1n) is 6.85. The van der Waals surface area contributed by atoms with Crippen LogP contribution in [-0.4, -0.2) is 36.1 Å². The third-order valence-corrected chi connectivity index (χ3v) is 3.59. The molecule has 1 atom stereocenters. The van der Waals surface area contributed by atoms with E-state index in [4.69, 9.17) is 0 Å². The number of hydrogen-bond donors (Lipinski definition) is 2. The van der Waals surface area contributed by atoms with Crippen LogP contribution >= 0.6 is 0 Å². The lowest BCUT2D eigenvalue weighted by Crippen LogP contribution is -2.45. The van der Waals surface area contributed by atoms with Gasteiger partial charge in [0.1, 0.15) is 0 Å². The number of H-pyrrole nitrogens is 1. The SMILES string of the molecule is CC(C)CC[C@H](c1ccc[nH]1)N1CCNCC1. The van der Waals surface area contributed by atoms with Crippen molar-refractivity contribution in [3.63, 3.8) is 0 Å². The third-order valence-electron chi connectivity index (χ3n) is 3.59. The van der Waals surface area contributed by atoms with Gasteiger partial charge in [0.25, 0.3) is 0 Å². The molecule has 0 saturated carbocycles.